The first kappa shape index (κ1) is 16.5. The highest BCUT2D eigenvalue weighted by molar-refractivity contribution is 5.99. The van der Waals surface area contributed by atoms with Crippen molar-refractivity contribution in [1.82, 2.24) is 5.43 Å². The number of carbonyl (C=O) groups excluding carboxylic acids is 1. The van der Waals surface area contributed by atoms with Crippen LogP contribution in [0, 0.1) is 0 Å². The number of benzene rings is 1. The lowest BCUT2D eigenvalue weighted by atomic mass is 10.1. The molecular weight excluding hydrogens is 276 g/mol. The van der Waals surface area contributed by atoms with E-state index < -0.39 is 12.6 Å². The molecule has 1 amide bonds. The third kappa shape index (κ3) is 5.13. The quantitative estimate of drug-likeness (QED) is 0.585. The van der Waals surface area contributed by atoms with E-state index in [1.807, 2.05) is 0 Å². The summed E-state index contributed by atoms with van der Waals surface area (Å²) in [7, 11) is 1.46. The molecule has 0 aliphatic heterocycles. The third-order valence-electron chi connectivity index (χ3n) is 2.60. The van der Waals surface area contributed by atoms with Crippen LogP contribution in [0.4, 0.5) is 0 Å². The number of hydrogen-bond acceptors (Lipinski definition) is 5. The number of ether oxygens (including phenoxy) is 2. The van der Waals surface area contributed by atoms with Crippen LogP contribution >= 0.6 is 0 Å². The van der Waals surface area contributed by atoms with Crippen LogP contribution in [-0.4, -0.2) is 36.4 Å². The molecule has 1 aromatic rings. The number of amides is 1. The molecule has 21 heavy (non-hydrogen) atoms. The van der Waals surface area contributed by atoms with Crippen LogP contribution in [0.1, 0.15) is 25.8 Å². The van der Waals surface area contributed by atoms with Gasteiger partial charge in [0.05, 0.1) is 12.8 Å². The van der Waals surface area contributed by atoms with Crippen molar-refractivity contribution in [2.45, 2.75) is 20.3 Å². The minimum Gasteiger partial charge on any atom is -0.493 e. The van der Waals surface area contributed by atoms with Crippen LogP contribution in [0.5, 0.6) is 11.5 Å². The highest BCUT2D eigenvalue weighted by Gasteiger charge is 2.09. The number of hydrogen-bond donors (Lipinski definition) is 2. The first-order valence-electron chi connectivity index (χ1n) is 6.34. The highest BCUT2D eigenvalue weighted by atomic mass is 16.5. The predicted octanol–water partition coefficient (Wildman–Crippen LogP) is 1.41. The molecule has 7 nitrogen and oxygen atoms in total. The maximum absolute atomic E-state index is 11.2. The smallest absolute Gasteiger partial charge is 0.341 e. The van der Waals surface area contributed by atoms with E-state index in [1.54, 1.807) is 32.0 Å². The largest absolute Gasteiger partial charge is 0.493 e. The molecule has 0 atom stereocenters. The molecular formula is C14H18N2O5. The standard InChI is InChI=1S/C14H18N2O5/c1-4-13(17)16-15-9(2)10-5-6-11(12(7-10)20-3)21-8-14(18)19/h5-7H,4,8H2,1-3H3,(H,16,17)(H,18,19)/b15-9-. The van der Waals surface area contributed by atoms with Gasteiger partial charge < -0.3 is 14.6 Å². The SMILES string of the molecule is CCC(=O)N/N=C(/C)c1ccc(OCC(=O)O)c(OC)c1. The fraction of sp³-hybridized carbons (Fsp3) is 0.357. The monoisotopic (exact) mass is 294 g/mol. The Labute approximate surface area is 122 Å². The molecule has 7 heteroatoms. The summed E-state index contributed by atoms with van der Waals surface area (Å²) in [6, 6.07) is 4.96. The van der Waals surface area contributed by atoms with Crippen molar-refractivity contribution in [2.24, 2.45) is 5.10 Å². The molecule has 0 aromatic heterocycles. The fourth-order valence-corrected chi connectivity index (χ4v) is 1.44. The minimum absolute atomic E-state index is 0.178. The summed E-state index contributed by atoms with van der Waals surface area (Å²) in [6.07, 6.45) is 0.349. The molecule has 2 N–H and O–H groups in total. The van der Waals surface area contributed by atoms with Gasteiger partial charge in [0.25, 0.3) is 0 Å². The van der Waals surface area contributed by atoms with E-state index in [1.165, 1.54) is 7.11 Å². The lowest BCUT2D eigenvalue weighted by molar-refractivity contribution is -0.139. The highest BCUT2D eigenvalue weighted by Crippen LogP contribution is 2.28. The van der Waals surface area contributed by atoms with Gasteiger partial charge in [0.15, 0.2) is 18.1 Å². The van der Waals surface area contributed by atoms with Gasteiger partial charge in [0.2, 0.25) is 5.91 Å². The van der Waals surface area contributed by atoms with Crippen LogP contribution in [0.15, 0.2) is 23.3 Å². The zero-order valence-electron chi connectivity index (χ0n) is 12.2. The Morgan fingerprint density at radius 1 is 1.33 bits per heavy atom. The number of nitrogens with one attached hydrogen (secondary N) is 1. The van der Waals surface area contributed by atoms with Gasteiger partial charge in [-0.25, -0.2) is 10.2 Å². The molecule has 114 valence electrons. The topological polar surface area (TPSA) is 97.2 Å². The van der Waals surface area contributed by atoms with Crippen molar-refractivity contribution in [1.29, 1.82) is 0 Å². The van der Waals surface area contributed by atoms with E-state index in [2.05, 4.69) is 10.5 Å². The van der Waals surface area contributed by atoms with Crippen LogP contribution in [0.25, 0.3) is 0 Å². The van der Waals surface area contributed by atoms with Gasteiger partial charge in [0, 0.05) is 12.0 Å². The van der Waals surface area contributed by atoms with Crippen LogP contribution < -0.4 is 14.9 Å². The molecule has 0 unspecified atom stereocenters. The van der Waals surface area contributed by atoms with Crippen molar-refractivity contribution < 1.29 is 24.2 Å². The fourth-order valence-electron chi connectivity index (χ4n) is 1.44. The summed E-state index contributed by atoms with van der Waals surface area (Å²) in [4.78, 5) is 21.7. The zero-order chi connectivity index (χ0) is 15.8. The molecule has 0 aliphatic carbocycles. The van der Waals surface area contributed by atoms with Gasteiger partial charge in [-0.1, -0.05) is 6.92 Å². The summed E-state index contributed by atoms with van der Waals surface area (Å²) >= 11 is 0. The molecule has 0 saturated heterocycles. The molecule has 0 aliphatic rings. The normalized spacial score (nSPS) is 10.9. The first-order chi connectivity index (χ1) is 9.97. The third-order valence-corrected chi connectivity index (χ3v) is 2.60. The number of carboxylic acids is 1. The Hall–Kier alpha value is -2.57. The summed E-state index contributed by atoms with van der Waals surface area (Å²) in [5, 5.41) is 12.6. The molecule has 0 fully saturated rings. The molecule has 1 aromatic carbocycles. The van der Waals surface area contributed by atoms with Crippen LogP contribution in [0.2, 0.25) is 0 Å². The van der Waals surface area contributed by atoms with Crippen LogP contribution in [0.3, 0.4) is 0 Å². The Balaban J connectivity index is 2.90. The van der Waals surface area contributed by atoms with Crippen molar-refractivity contribution >= 4 is 17.6 Å². The van der Waals surface area contributed by atoms with Gasteiger partial charge in [0.1, 0.15) is 0 Å². The average Bonchev–Trinajstić information content (AvgIpc) is 2.49. The van der Waals surface area contributed by atoms with Gasteiger partial charge in [-0.3, -0.25) is 4.79 Å². The second-order valence-electron chi connectivity index (χ2n) is 4.13. The summed E-state index contributed by atoms with van der Waals surface area (Å²) < 4.78 is 10.3. The van der Waals surface area contributed by atoms with Gasteiger partial charge in [-0.05, 0) is 25.1 Å². The predicted molar refractivity (Wildman–Crippen MR) is 76.8 cm³/mol. The maximum Gasteiger partial charge on any atom is 0.341 e. The maximum atomic E-state index is 11.2. The molecule has 0 radical (unpaired) electrons. The number of methoxy groups -OCH3 is 1. The minimum atomic E-state index is -1.07. The van der Waals surface area contributed by atoms with E-state index in [-0.39, 0.29) is 5.91 Å². The average molecular weight is 294 g/mol. The number of rotatable bonds is 7. The van der Waals surface area contributed by atoms with Crippen molar-refractivity contribution in [2.75, 3.05) is 13.7 Å². The second kappa shape index (κ2) is 7.88. The van der Waals surface area contributed by atoms with E-state index in [0.717, 1.165) is 5.56 Å². The van der Waals surface area contributed by atoms with E-state index in [4.69, 9.17) is 14.6 Å². The Morgan fingerprint density at radius 3 is 2.62 bits per heavy atom. The van der Waals surface area contributed by atoms with Crippen molar-refractivity contribution in [3.8, 4) is 11.5 Å². The Kier molecular flexibility index (Phi) is 6.19. The van der Waals surface area contributed by atoms with E-state index in [9.17, 15) is 9.59 Å². The molecule has 0 bridgehead atoms. The van der Waals surface area contributed by atoms with Gasteiger partial charge in [-0.15, -0.1) is 0 Å². The molecule has 0 saturated carbocycles. The number of nitrogens with zero attached hydrogens (tertiary/aromatic N) is 1. The van der Waals surface area contributed by atoms with Gasteiger partial charge >= 0.3 is 5.97 Å². The lowest BCUT2D eigenvalue weighted by Gasteiger charge is -2.11. The summed E-state index contributed by atoms with van der Waals surface area (Å²) in [6.45, 7) is 3.02. The molecule has 1 rings (SSSR count). The second-order valence-corrected chi connectivity index (χ2v) is 4.13. The molecule has 0 spiro atoms. The van der Waals surface area contributed by atoms with Crippen molar-refractivity contribution in [3.63, 3.8) is 0 Å². The van der Waals surface area contributed by atoms with E-state index >= 15 is 0 Å². The summed E-state index contributed by atoms with van der Waals surface area (Å²) in [5.74, 6) is -0.525. The number of carbonyl (C=O) groups is 2. The number of hydrazone groups is 1. The summed E-state index contributed by atoms with van der Waals surface area (Å²) in [5.41, 5.74) is 3.75. The van der Waals surface area contributed by atoms with Crippen molar-refractivity contribution in [3.05, 3.63) is 23.8 Å². The molecule has 0 heterocycles. The van der Waals surface area contributed by atoms with E-state index in [0.29, 0.717) is 23.6 Å². The van der Waals surface area contributed by atoms with Crippen LogP contribution in [-0.2, 0) is 9.59 Å². The zero-order valence-corrected chi connectivity index (χ0v) is 12.2. The lowest BCUT2D eigenvalue weighted by Crippen LogP contribution is -2.17. The number of carboxylic acid groups (broad SMARTS) is 1. The Morgan fingerprint density at radius 2 is 2.05 bits per heavy atom. The van der Waals surface area contributed by atoms with Gasteiger partial charge in [-0.2, -0.15) is 5.10 Å². The first-order valence-corrected chi connectivity index (χ1v) is 6.34. The number of aliphatic carboxylic acids is 1. The Bertz CT molecular complexity index is 554.